The highest BCUT2D eigenvalue weighted by Crippen LogP contribution is 2.18. The molecule has 1 aromatic carbocycles. The minimum absolute atomic E-state index is 0.324. The van der Waals surface area contributed by atoms with Crippen molar-refractivity contribution >= 4 is 22.9 Å². The Morgan fingerprint density at radius 1 is 1.24 bits per heavy atom. The van der Waals surface area contributed by atoms with Crippen LogP contribution in [0.4, 0.5) is 0 Å². The lowest BCUT2D eigenvalue weighted by Crippen LogP contribution is -2.11. The van der Waals surface area contributed by atoms with E-state index in [4.69, 9.17) is 11.6 Å². The quantitative estimate of drug-likeness (QED) is 0.869. The Balaban J connectivity index is 1.85. The molecule has 0 fully saturated rings. The number of aliphatic hydroxyl groups excluding tert-OH is 1. The molecule has 1 heterocycles. The van der Waals surface area contributed by atoms with Crippen LogP contribution in [0.3, 0.4) is 0 Å². The molecule has 17 heavy (non-hydrogen) atoms. The van der Waals surface area contributed by atoms with Crippen molar-refractivity contribution in [3.63, 3.8) is 0 Å². The second kappa shape index (κ2) is 6.20. The second-order valence-electron chi connectivity index (χ2n) is 4.12. The maximum atomic E-state index is 9.97. The number of aliphatic hydroxyl groups is 1. The second-order valence-corrected chi connectivity index (χ2v) is 5.31. The van der Waals surface area contributed by atoms with Crippen LogP contribution >= 0.6 is 22.9 Å². The molecule has 1 nitrogen and oxygen atoms in total. The molecule has 2 rings (SSSR count). The minimum Gasteiger partial charge on any atom is -0.393 e. The standard InChI is InChI=1S/C14H15ClOS/c15-14-4-2-1-3-12(14)9-13(16)6-5-11-7-8-17-10-11/h1-4,7-8,10,13,16H,5-6,9H2. The third-order valence-electron chi connectivity index (χ3n) is 2.76. The zero-order valence-corrected chi connectivity index (χ0v) is 11.0. The molecule has 0 amide bonds. The normalized spacial score (nSPS) is 12.6. The van der Waals surface area contributed by atoms with Crippen LogP contribution in [0.25, 0.3) is 0 Å². The Bertz CT molecular complexity index is 453. The summed E-state index contributed by atoms with van der Waals surface area (Å²) in [5, 5.41) is 14.9. The van der Waals surface area contributed by atoms with Crippen LogP contribution in [0.15, 0.2) is 41.1 Å². The highest BCUT2D eigenvalue weighted by Gasteiger charge is 2.08. The van der Waals surface area contributed by atoms with Gasteiger partial charge in [-0.2, -0.15) is 11.3 Å². The molecule has 0 saturated heterocycles. The van der Waals surface area contributed by atoms with Gasteiger partial charge >= 0.3 is 0 Å². The first-order chi connectivity index (χ1) is 8.25. The molecule has 2 aromatic rings. The van der Waals surface area contributed by atoms with Crippen molar-refractivity contribution in [3.05, 3.63) is 57.2 Å². The maximum Gasteiger partial charge on any atom is 0.0584 e. The zero-order valence-electron chi connectivity index (χ0n) is 9.47. The molecule has 3 heteroatoms. The van der Waals surface area contributed by atoms with E-state index in [1.807, 2.05) is 24.3 Å². The van der Waals surface area contributed by atoms with Gasteiger partial charge in [0.2, 0.25) is 0 Å². The monoisotopic (exact) mass is 266 g/mol. The molecule has 0 bridgehead atoms. The van der Waals surface area contributed by atoms with Gasteiger partial charge in [-0.3, -0.25) is 0 Å². The van der Waals surface area contributed by atoms with Gasteiger partial charge in [0.05, 0.1) is 6.10 Å². The van der Waals surface area contributed by atoms with Crippen molar-refractivity contribution in [3.8, 4) is 0 Å². The number of thiophene rings is 1. The fraction of sp³-hybridized carbons (Fsp3) is 0.286. The molecule has 1 unspecified atom stereocenters. The molecule has 0 aliphatic rings. The van der Waals surface area contributed by atoms with E-state index in [0.29, 0.717) is 6.42 Å². The lowest BCUT2D eigenvalue weighted by molar-refractivity contribution is 0.165. The Morgan fingerprint density at radius 3 is 2.76 bits per heavy atom. The molecule has 0 aliphatic carbocycles. The minimum atomic E-state index is -0.324. The van der Waals surface area contributed by atoms with Gasteiger partial charge in [0.1, 0.15) is 0 Å². The van der Waals surface area contributed by atoms with Crippen molar-refractivity contribution in [1.82, 2.24) is 0 Å². The third-order valence-corrected chi connectivity index (χ3v) is 3.86. The third kappa shape index (κ3) is 3.84. The first-order valence-corrected chi connectivity index (χ1v) is 7.00. The van der Waals surface area contributed by atoms with E-state index in [2.05, 4.69) is 16.8 Å². The fourth-order valence-corrected chi connectivity index (χ4v) is 2.70. The van der Waals surface area contributed by atoms with Crippen molar-refractivity contribution in [2.45, 2.75) is 25.4 Å². The number of benzene rings is 1. The Morgan fingerprint density at radius 2 is 2.06 bits per heavy atom. The van der Waals surface area contributed by atoms with Crippen LogP contribution in [0.2, 0.25) is 5.02 Å². The Hall–Kier alpha value is -0.830. The molecule has 0 spiro atoms. The van der Waals surface area contributed by atoms with Crippen molar-refractivity contribution in [2.24, 2.45) is 0 Å². The van der Waals surface area contributed by atoms with Gasteiger partial charge < -0.3 is 5.11 Å². The highest BCUT2D eigenvalue weighted by atomic mass is 35.5. The van der Waals surface area contributed by atoms with E-state index in [1.54, 1.807) is 11.3 Å². The van der Waals surface area contributed by atoms with Gasteiger partial charge in [-0.05, 0) is 53.3 Å². The predicted octanol–water partition coefficient (Wildman–Crippen LogP) is 3.94. The van der Waals surface area contributed by atoms with E-state index < -0.39 is 0 Å². The van der Waals surface area contributed by atoms with Gasteiger partial charge in [0, 0.05) is 5.02 Å². The van der Waals surface area contributed by atoms with Crippen molar-refractivity contribution in [2.75, 3.05) is 0 Å². The van der Waals surface area contributed by atoms with E-state index in [9.17, 15) is 5.11 Å². The number of aryl methyl sites for hydroxylation is 1. The molecule has 0 saturated carbocycles. The number of halogens is 1. The molecule has 0 aliphatic heterocycles. The average molecular weight is 267 g/mol. The summed E-state index contributed by atoms with van der Waals surface area (Å²) in [6.45, 7) is 0. The van der Waals surface area contributed by atoms with Crippen LogP contribution in [0.1, 0.15) is 17.5 Å². The fourth-order valence-electron chi connectivity index (χ4n) is 1.79. The topological polar surface area (TPSA) is 20.2 Å². The molecular weight excluding hydrogens is 252 g/mol. The summed E-state index contributed by atoms with van der Waals surface area (Å²) in [6.07, 6.45) is 2.01. The summed E-state index contributed by atoms with van der Waals surface area (Å²) < 4.78 is 0. The highest BCUT2D eigenvalue weighted by molar-refractivity contribution is 7.07. The Kier molecular flexibility index (Phi) is 4.60. The summed E-state index contributed by atoms with van der Waals surface area (Å²) >= 11 is 7.75. The summed E-state index contributed by atoms with van der Waals surface area (Å²) in [5.74, 6) is 0. The summed E-state index contributed by atoms with van der Waals surface area (Å²) in [4.78, 5) is 0. The summed E-state index contributed by atoms with van der Waals surface area (Å²) in [5.41, 5.74) is 2.32. The van der Waals surface area contributed by atoms with Crippen LogP contribution in [-0.2, 0) is 12.8 Å². The van der Waals surface area contributed by atoms with Gasteiger partial charge in [0.15, 0.2) is 0 Å². The number of hydrogen-bond donors (Lipinski definition) is 1. The summed E-state index contributed by atoms with van der Waals surface area (Å²) in [6, 6.07) is 9.79. The first-order valence-electron chi connectivity index (χ1n) is 5.68. The molecule has 1 atom stereocenters. The number of rotatable bonds is 5. The Labute approximate surface area is 111 Å². The van der Waals surface area contributed by atoms with Gasteiger partial charge in [-0.25, -0.2) is 0 Å². The number of hydrogen-bond acceptors (Lipinski definition) is 2. The van der Waals surface area contributed by atoms with Gasteiger partial charge in [0.25, 0.3) is 0 Å². The lowest BCUT2D eigenvalue weighted by Gasteiger charge is -2.11. The zero-order chi connectivity index (χ0) is 12.1. The molecule has 90 valence electrons. The van der Waals surface area contributed by atoms with Crippen molar-refractivity contribution in [1.29, 1.82) is 0 Å². The molecule has 1 N–H and O–H groups in total. The van der Waals surface area contributed by atoms with Gasteiger partial charge in [-0.15, -0.1) is 0 Å². The van der Waals surface area contributed by atoms with Crippen LogP contribution in [-0.4, -0.2) is 11.2 Å². The van der Waals surface area contributed by atoms with Crippen molar-refractivity contribution < 1.29 is 5.11 Å². The predicted molar refractivity (Wildman–Crippen MR) is 73.8 cm³/mol. The maximum absolute atomic E-state index is 9.97. The largest absolute Gasteiger partial charge is 0.393 e. The van der Waals surface area contributed by atoms with E-state index in [-0.39, 0.29) is 6.10 Å². The molecular formula is C14H15ClOS. The van der Waals surface area contributed by atoms with Gasteiger partial charge in [-0.1, -0.05) is 29.8 Å². The molecule has 1 aromatic heterocycles. The summed E-state index contributed by atoms with van der Waals surface area (Å²) in [7, 11) is 0. The van der Waals surface area contributed by atoms with E-state index in [1.165, 1.54) is 5.56 Å². The first kappa shape index (κ1) is 12.6. The van der Waals surface area contributed by atoms with Crippen LogP contribution in [0, 0.1) is 0 Å². The lowest BCUT2D eigenvalue weighted by atomic mass is 10.0. The van der Waals surface area contributed by atoms with E-state index >= 15 is 0 Å². The van der Waals surface area contributed by atoms with E-state index in [0.717, 1.165) is 23.4 Å². The average Bonchev–Trinajstić information content (AvgIpc) is 2.82. The van der Waals surface area contributed by atoms with Crippen LogP contribution < -0.4 is 0 Å². The SMILES string of the molecule is OC(CCc1ccsc1)Cc1ccccc1Cl. The van der Waals surface area contributed by atoms with Crippen LogP contribution in [0.5, 0.6) is 0 Å². The molecule has 0 radical (unpaired) electrons. The smallest absolute Gasteiger partial charge is 0.0584 e.